The van der Waals surface area contributed by atoms with Crippen molar-refractivity contribution in [3.8, 4) is 0 Å². The Balaban J connectivity index is 1.52. The van der Waals surface area contributed by atoms with Crippen molar-refractivity contribution in [1.29, 1.82) is 0 Å². The maximum absolute atomic E-state index is 13.9. The van der Waals surface area contributed by atoms with E-state index in [2.05, 4.69) is 15.3 Å². The Hall–Kier alpha value is -2.50. The van der Waals surface area contributed by atoms with E-state index in [0.717, 1.165) is 25.1 Å². The first-order chi connectivity index (χ1) is 11.7. The van der Waals surface area contributed by atoms with Crippen LogP contribution in [-0.2, 0) is 11.2 Å². The van der Waals surface area contributed by atoms with Gasteiger partial charge in [0.2, 0.25) is 5.91 Å². The molecule has 126 valence electrons. The number of amides is 1. The number of hydrogen-bond donors (Lipinski definition) is 1. The minimum atomic E-state index is -0.216. The lowest BCUT2D eigenvalue weighted by Crippen LogP contribution is -2.48. The number of rotatable bonds is 5. The van der Waals surface area contributed by atoms with Crippen LogP contribution in [0.3, 0.4) is 0 Å². The summed E-state index contributed by atoms with van der Waals surface area (Å²) < 4.78 is 13.9. The van der Waals surface area contributed by atoms with Crippen molar-refractivity contribution in [3.63, 3.8) is 0 Å². The van der Waals surface area contributed by atoms with Gasteiger partial charge in [-0.3, -0.25) is 14.8 Å². The van der Waals surface area contributed by atoms with E-state index >= 15 is 0 Å². The second-order valence-corrected chi connectivity index (χ2v) is 6.00. The van der Waals surface area contributed by atoms with Gasteiger partial charge >= 0.3 is 0 Å². The molecule has 0 bridgehead atoms. The maximum atomic E-state index is 13.9. The van der Waals surface area contributed by atoms with Gasteiger partial charge in [-0.05, 0) is 31.4 Å². The van der Waals surface area contributed by atoms with Gasteiger partial charge in [0.05, 0.1) is 11.4 Å². The summed E-state index contributed by atoms with van der Waals surface area (Å²) in [5.74, 6) is -0.215. The minimum Gasteiger partial charge on any atom is -0.367 e. The van der Waals surface area contributed by atoms with E-state index in [0.29, 0.717) is 25.1 Å². The molecule has 0 aliphatic carbocycles. The van der Waals surface area contributed by atoms with Gasteiger partial charge in [0, 0.05) is 44.1 Å². The predicted molar refractivity (Wildman–Crippen MR) is 90.1 cm³/mol. The van der Waals surface area contributed by atoms with Crippen LogP contribution in [0.1, 0.15) is 25.0 Å². The number of nitrogens with zero attached hydrogens (tertiary/aromatic N) is 3. The fourth-order valence-electron chi connectivity index (χ4n) is 3.02. The standard InChI is InChI=1S/C18H21FN4O/c19-16-5-1-2-6-17(16)23-11-3-4-15(13-23)22-18(24)8-7-14-12-20-9-10-21-14/h1-2,5-6,9-10,12,15H,3-4,7-8,11,13H2,(H,22,24)/t15-/m0/s1. The number of para-hydroxylation sites is 1. The van der Waals surface area contributed by atoms with E-state index < -0.39 is 0 Å². The van der Waals surface area contributed by atoms with Crippen LogP contribution in [-0.4, -0.2) is 35.0 Å². The lowest BCUT2D eigenvalue weighted by Gasteiger charge is -2.35. The molecular weight excluding hydrogens is 307 g/mol. The van der Waals surface area contributed by atoms with Gasteiger partial charge in [-0.15, -0.1) is 0 Å². The number of benzene rings is 1. The molecule has 1 amide bonds. The van der Waals surface area contributed by atoms with Gasteiger partial charge in [0.1, 0.15) is 5.82 Å². The normalized spacial score (nSPS) is 17.5. The average molecular weight is 328 g/mol. The van der Waals surface area contributed by atoms with E-state index in [1.54, 1.807) is 30.7 Å². The van der Waals surface area contributed by atoms with Crippen LogP contribution in [0.5, 0.6) is 0 Å². The van der Waals surface area contributed by atoms with Crippen LogP contribution < -0.4 is 10.2 Å². The Labute approximate surface area is 140 Å². The summed E-state index contributed by atoms with van der Waals surface area (Å²) in [5.41, 5.74) is 1.42. The van der Waals surface area contributed by atoms with Gasteiger partial charge in [0.15, 0.2) is 0 Å². The molecule has 0 unspecified atom stereocenters. The van der Waals surface area contributed by atoms with E-state index in [1.807, 2.05) is 11.0 Å². The highest BCUT2D eigenvalue weighted by molar-refractivity contribution is 5.76. The van der Waals surface area contributed by atoms with Crippen LogP contribution in [0.2, 0.25) is 0 Å². The third-order valence-electron chi connectivity index (χ3n) is 4.20. The highest BCUT2D eigenvalue weighted by atomic mass is 19.1. The number of hydrogen-bond acceptors (Lipinski definition) is 4. The van der Waals surface area contributed by atoms with Crippen LogP contribution in [0.25, 0.3) is 0 Å². The van der Waals surface area contributed by atoms with E-state index in [9.17, 15) is 9.18 Å². The van der Waals surface area contributed by atoms with Crippen molar-refractivity contribution >= 4 is 11.6 Å². The smallest absolute Gasteiger partial charge is 0.220 e. The van der Waals surface area contributed by atoms with Crippen molar-refractivity contribution in [2.24, 2.45) is 0 Å². The highest BCUT2D eigenvalue weighted by Gasteiger charge is 2.23. The molecular formula is C18H21FN4O. The van der Waals surface area contributed by atoms with Crippen molar-refractivity contribution in [1.82, 2.24) is 15.3 Å². The molecule has 0 saturated carbocycles. The molecule has 6 heteroatoms. The molecule has 2 heterocycles. The fourth-order valence-corrected chi connectivity index (χ4v) is 3.02. The van der Waals surface area contributed by atoms with Crippen LogP contribution >= 0.6 is 0 Å². The summed E-state index contributed by atoms with van der Waals surface area (Å²) in [5, 5.41) is 3.06. The predicted octanol–water partition coefficient (Wildman–Crippen LogP) is 2.33. The molecule has 1 saturated heterocycles. The Kier molecular flexibility index (Phi) is 5.36. The zero-order chi connectivity index (χ0) is 16.8. The summed E-state index contributed by atoms with van der Waals surface area (Å²) in [4.78, 5) is 22.3. The van der Waals surface area contributed by atoms with E-state index in [-0.39, 0.29) is 17.8 Å². The van der Waals surface area contributed by atoms with E-state index in [1.165, 1.54) is 6.07 Å². The second kappa shape index (κ2) is 7.86. The molecule has 1 aliphatic rings. The zero-order valence-corrected chi connectivity index (χ0v) is 13.5. The largest absolute Gasteiger partial charge is 0.367 e. The molecule has 3 rings (SSSR count). The van der Waals surface area contributed by atoms with Crippen molar-refractivity contribution in [2.75, 3.05) is 18.0 Å². The molecule has 24 heavy (non-hydrogen) atoms. The first-order valence-electron chi connectivity index (χ1n) is 8.26. The van der Waals surface area contributed by atoms with Crippen LogP contribution in [0.4, 0.5) is 10.1 Å². The summed E-state index contributed by atoms with van der Waals surface area (Å²) in [6.07, 6.45) is 7.72. The average Bonchev–Trinajstić information content (AvgIpc) is 2.61. The molecule has 1 aliphatic heterocycles. The summed E-state index contributed by atoms with van der Waals surface area (Å²) in [7, 11) is 0. The highest BCUT2D eigenvalue weighted by Crippen LogP contribution is 2.22. The van der Waals surface area contributed by atoms with Crippen molar-refractivity contribution in [3.05, 3.63) is 54.4 Å². The number of halogens is 1. The molecule has 1 N–H and O–H groups in total. The van der Waals surface area contributed by atoms with Crippen LogP contribution in [0, 0.1) is 5.82 Å². The quantitative estimate of drug-likeness (QED) is 0.915. The number of carbonyl (C=O) groups is 1. The van der Waals surface area contributed by atoms with Crippen LogP contribution in [0.15, 0.2) is 42.9 Å². The summed E-state index contributed by atoms with van der Waals surface area (Å²) in [6.45, 7) is 1.45. The Morgan fingerprint density at radius 3 is 3.00 bits per heavy atom. The third kappa shape index (κ3) is 4.28. The third-order valence-corrected chi connectivity index (χ3v) is 4.20. The summed E-state index contributed by atoms with van der Waals surface area (Å²) in [6, 6.07) is 6.83. The maximum Gasteiger partial charge on any atom is 0.220 e. The number of anilines is 1. The molecule has 2 aromatic rings. The van der Waals surface area contributed by atoms with Gasteiger partial charge in [-0.25, -0.2) is 4.39 Å². The molecule has 0 spiro atoms. The lowest BCUT2D eigenvalue weighted by atomic mass is 10.0. The lowest BCUT2D eigenvalue weighted by molar-refractivity contribution is -0.121. The Morgan fingerprint density at radius 2 is 2.21 bits per heavy atom. The first-order valence-corrected chi connectivity index (χ1v) is 8.26. The van der Waals surface area contributed by atoms with Gasteiger partial charge in [-0.1, -0.05) is 12.1 Å². The first kappa shape index (κ1) is 16.4. The molecule has 0 radical (unpaired) electrons. The monoisotopic (exact) mass is 328 g/mol. The SMILES string of the molecule is O=C(CCc1cnccn1)N[C@H]1CCCN(c2ccccc2F)C1. The van der Waals surface area contributed by atoms with Gasteiger partial charge in [-0.2, -0.15) is 0 Å². The summed E-state index contributed by atoms with van der Waals surface area (Å²) >= 11 is 0. The Bertz CT molecular complexity index is 680. The number of aromatic nitrogens is 2. The number of nitrogens with one attached hydrogen (secondary N) is 1. The molecule has 1 fully saturated rings. The zero-order valence-electron chi connectivity index (χ0n) is 13.5. The molecule has 1 aromatic heterocycles. The van der Waals surface area contributed by atoms with Crippen molar-refractivity contribution < 1.29 is 9.18 Å². The topological polar surface area (TPSA) is 58.1 Å². The number of aryl methyl sites for hydroxylation is 1. The van der Waals surface area contributed by atoms with Gasteiger partial charge < -0.3 is 10.2 Å². The van der Waals surface area contributed by atoms with Gasteiger partial charge in [0.25, 0.3) is 0 Å². The second-order valence-electron chi connectivity index (χ2n) is 6.00. The van der Waals surface area contributed by atoms with Crippen molar-refractivity contribution in [2.45, 2.75) is 31.7 Å². The molecule has 1 atom stereocenters. The molecule has 5 nitrogen and oxygen atoms in total. The number of piperidine rings is 1. The fraction of sp³-hybridized carbons (Fsp3) is 0.389. The minimum absolute atomic E-state index is 0.000960. The number of carbonyl (C=O) groups excluding carboxylic acids is 1. The Morgan fingerprint density at radius 1 is 1.33 bits per heavy atom. The van der Waals surface area contributed by atoms with E-state index in [4.69, 9.17) is 0 Å². The molecule has 1 aromatic carbocycles.